The van der Waals surface area contributed by atoms with E-state index >= 15 is 0 Å². The maximum absolute atomic E-state index is 13.5. The van der Waals surface area contributed by atoms with E-state index in [1.165, 1.54) is 6.33 Å². The van der Waals surface area contributed by atoms with Gasteiger partial charge in [0.25, 0.3) is 5.56 Å². The summed E-state index contributed by atoms with van der Waals surface area (Å²) in [5.74, 6) is 4.51. The van der Waals surface area contributed by atoms with Crippen LogP contribution >= 0.6 is 11.6 Å². The van der Waals surface area contributed by atoms with Crippen molar-refractivity contribution in [2.45, 2.75) is 52.6 Å². The molecular weight excluding hydrogens is 524 g/mol. The number of aromatic amines is 1. The van der Waals surface area contributed by atoms with Crippen LogP contribution in [0.3, 0.4) is 0 Å². The smallest absolute Gasteiger partial charge is 0.272 e. The van der Waals surface area contributed by atoms with Crippen LogP contribution in [0.25, 0.3) is 22.0 Å². The number of nitrogens with zero attached hydrogens (tertiary/aromatic N) is 2. The van der Waals surface area contributed by atoms with Crippen molar-refractivity contribution in [2.24, 2.45) is 0 Å². The minimum atomic E-state index is -3.03. The summed E-state index contributed by atoms with van der Waals surface area (Å²) in [5.41, 5.74) is 3.83. The minimum absolute atomic E-state index is 0.0569. The fraction of sp³-hybridized carbons (Fsp3) is 0.357. The first-order valence-electron chi connectivity index (χ1n) is 12.5. The van der Waals surface area contributed by atoms with Crippen molar-refractivity contribution in [1.82, 2.24) is 15.0 Å². The zero-order valence-electron chi connectivity index (χ0n) is 22.1. The van der Waals surface area contributed by atoms with Crippen LogP contribution in [0.15, 0.2) is 57.1 Å². The lowest BCUT2D eigenvalue weighted by atomic mass is 10.0. The highest BCUT2D eigenvalue weighted by Crippen LogP contribution is 2.35. The average molecular weight is 557 g/mol. The molecule has 2 unspecified atom stereocenters. The number of hydrogen-bond acceptors (Lipinski definition) is 6. The third kappa shape index (κ3) is 6.11. The Labute approximate surface area is 228 Å². The van der Waals surface area contributed by atoms with Crippen LogP contribution in [0, 0.1) is 6.92 Å². The van der Waals surface area contributed by atoms with Gasteiger partial charge in [0.15, 0.2) is 0 Å². The maximum Gasteiger partial charge on any atom is 0.272 e. The van der Waals surface area contributed by atoms with Crippen LogP contribution < -0.4 is 15.0 Å². The predicted octanol–water partition coefficient (Wildman–Crippen LogP) is 5.72. The third-order valence-electron chi connectivity index (χ3n) is 6.59. The fourth-order valence-corrected chi connectivity index (χ4v) is 6.47. The van der Waals surface area contributed by atoms with Crippen molar-refractivity contribution in [1.29, 1.82) is 0 Å². The first-order valence-corrected chi connectivity index (χ1v) is 14.6. The van der Waals surface area contributed by atoms with Crippen molar-refractivity contribution in [3.05, 3.63) is 68.4 Å². The largest absolute Gasteiger partial charge is 0.488 e. The number of H-pyrrole nitrogens is 1. The molecule has 202 valence electrons. The van der Waals surface area contributed by atoms with E-state index in [0.29, 0.717) is 39.8 Å². The second-order valence-electron chi connectivity index (χ2n) is 9.43. The first kappa shape index (κ1) is 27.9. The molecule has 2 aromatic heterocycles. The van der Waals surface area contributed by atoms with Crippen LogP contribution in [-0.4, -0.2) is 44.9 Å². The third-order valence-corrected chi connectivity index (χ3v) is 8.81. The number of halogens is 1. The van der Waals surface area contributed by atoms with Gasteiger partial charge >= 0.3 is 0 Å². The molecule has 0 fully saturated rings. The molecule has 0 bridgehead atoms. The molecule has 0 radical (unpaired) electrons. The van der Waals surface area contributed by atoms with Gasteiger partial charge in [-0.1, -0.05) is 24.1 Å². The van der Waals surface area contributed by atoms with Crippen molar-refractivity contribution < 1.29 is 13.7 Å². The molecule has 0 amide bonds. The zero-order chi connectivity index (χ0) is 27.4. The average Bonchev–Trinajstić information content (AvgIpc) is 2.87. The molecule has 1 aliphatic rings. The Morgan fingerprint density at radius 3 is 2.71 bits per heavy atom. The van der Waals surface area contributed by atoms with Gasteiger partial charge < -0.3 is 19.2 Å². The molecule has 10 heteroatoms. The summed E-state index contributed by atoms with van der Waals surface area (Å²) in [6.45, 7) is 6.53. The summed E-state index contributed by atoms with van der Waals surface area (Å²) < 4.78 is 28.1. The Kier molecular flexibility index (Phi) is 8.60. The standard InChI is InChI=1S/C28H33ClN4O4S/c1-6-21(9-10-36-4)37-25-14-19(12-22-18(3)31-16-32-27(22)25)20-13-24(28(34)30-15-20)33-38(5,35)26-8-7-17(2)11-23(26)29/h11-16,21H,5-10H2,1-4H3,(H,30,34)(H,33,35). The van der Waals surface area contributed by atoms with Crippen LogP contribution in [0.4, 0.5) is 5.69 Å². The lowest BCUT2D eigenvalue weighted by Gasteiger charge is -2.21. The number of aromatic nitrogens is 3. The van der Waals surface area contributed by atoms with E-state index in [1.807, 2.05) is 26.0 Å². The molecule has 4 rings (SSSR count). The molecule has 0 saturated heterocycles. The van der Waals surface area contributed by atoms with Gasteiger partial charge in [0.2, 0.25) is 0 Å². The molecule has 8 nitrogen and oxygen atoms in total. The number of rotatable bonds is 10. The van der Waals surface area contributed by atoms with E-state index in [0.717, 1.165) is 41.5 Å². The summed E-state index contributed by atoms with van der Waals surface area (Å²) in [7, 11) is -1.36. The number of benzene rings is 1. The molecular formula is C28H33ClN4O4S. The SMILES string of the molecule is C=S(=O)(Nc1cc(-c2cc(OC(CC)CCOC)c3ncnc(C)c3c2)c[nH]c1=O)C1=C(Cl)C=C(C)CC1. The Bertz CT molecular complexity index is 1580. The van der Waals surface area contributed by atoms with Crippen LogP contribution in [0.5, 0.6) is 5.75 Å². The quantitative estimate of drug-likeness (QED) is 0.309. The predicted molar refractivity (Wildman–Crippen MR) is 156 cm³/mol. The number of ether oxygens (including phenoxy) is 2. The molecule has 3 aromatic rings. The molecule has 1 aliphatic carbocycles. The fourth-order valence-electron chi connectivity index (χ4n) is 4.38. The Morgan fingerprint density at radius 2 is 2.00 bits per heavy atom. The Morgan fingerprint density at radius 1 is 1.21 bits per heavy atom. The van der Waals surface area contributed by atoms with Gasteiger partial charge in [-0.15, -0.1) is 0 Å². The second-order valence-corrected chi connectivity index (χ2v) is 11.9. The van der Waals surface area contributed by atoms with Crippen molar-refractivity contribution in [3.63, 3.8) is 0 Å². The molecule has 0 spiro atoms. The highest BCUT2D eigenvalue weighted by molar-refractivity contribution is 8.05. The summed E-state index contributed by atoms with van der Waals surface area (Å²) in [6.07, 6.45) is 7.67. The summed E-state index contributed by atoms with van der Waals surface area (Å²) in [6, 6.07) is 5.52. The first-order chi connectivity index (χ1) is 18.1. The van der Waals surface area contributed by atoms with E-state index in [-0.39, 0.29) is 11.8 Å². The minimum Gasteiger partial charge on any atom is -0.488 e. The van der Waals surface area contributed by atoms with Gasteiger partial charge in [0.05, 0.1) is 14.7 Å². The number of fused-ring (bicyclic) bond motifs is 1. The van der Waals surface area contributed by atoms with Crippen molar-refractivity contribution in [2.75, 3.05) is 18.4 Å². The summed E-state index contributed by atoms with van der Waals surface area (Å²) in [5, 5.41) is 1.24. The zero-order valence-corrected chi connectivity index (χ0v) is 23.7. The van der Waals surface area contributed by atoms with Crippen molar-refractivity contribution in [3.8, 4) is 16.9 Å². The maximum atomic E-state index is 13.5. The monoisotopic (exact) mass is 556 g/mol. The molecule has 1 aromatic carbocycles. The number of methoxy groups -OCH3 is 1. The number of nitrogens with one attached hydrogen (secondary N) is 2. The molecule has 2 atom stereocenters. The molecule has 0 saturated carbocycles. The van der Waals surface area contributed by atoms with E-state index in [2.05, 4.69) is 32.5 Å². The summed E-state index contributed by atoms with van der Waals surface area (Å²) >= 11 is 6.39. The van der Waals surface area contributed by atoms with Gasteiger partial charge in [-0.2, -0.15) is 0 Å². The molecule has 0 aliphatic heterocycles. The van der Waals surface area contributed by atoms with Crippen LogP contribution in [0.1, 0.15) is 45.2 Å². The topological polar surface area (TPSA) is 106 Å². The van der Waals surface area contributed by atoms with E-state index in [9.17, 15) is 9.00 Å². The Hall–Kier alpha value is -3.14. The molecule has 38 heavy (non-hydrogen) atoms. The highest BCUT2D eigenvalue weighted by Gasteiger charge is 2.21. The van der Waals surface area contributed by atoms with E-state index in [4.69, 9.17) is 21.1 Å². The van der Waals surface area contributed by atoms with Crippen LogP contribution in [-0.2, 0) is 14.4 Å². The van der Waals surface area contributed by atoms with E-state index in [1.54, 1.807) is 25.4 Å². The van der Waals surface area contributed by atoms with Gasteiger partial charge in [-0.05, 0) is 68.8 Å². The normalized spacial score (nSPS) is 16.2. The van der Waals surface area contributed by atoms with Gasteiger partial charge in [-0.25, -0.2) is 14.2 Å². The number of hydrogen-bond donors (Lipinski definition) is 2. The summed E-state index contributed by atoms with van der Waals surface area (Å²) in [4.78, 5) is 24.8. The highest BCUT2D eigenvalue weighted by atomic mass is 35.5. The van der Waals surface area contributed by atoms with Crippen LogP contribution in [0.2, 0.25) is 0 Å². The second kappa shape index (κ2) is 11.7. The molecule has 2 N–H and O–H groups in total. The van der Waals surface area contributed by atoms with Crippen molar-refractivity contribution >= 4 is 43.8 Å². The number of allylic oxidation sites excluding steroid dienone is 4. The Balaban J connectivity index is 1.76. The number of pyridine rings is 1. The van der Waals surface area contributed by atoms with E-state index < -0.39 is 15.3 Å². The number of aryl methyl sites for hydroxylation is 1. The lowest BCUT2D eigenvalue weighted by Crippen LogP contribution is -2.22. The number of anilines is 1. The van der Waals surface area contributed by atoms with Gasteiger partial charge in [-0.3, -0.25) is 4.79 Å². The lowest BCUT2D eigenvalue weighted by molar-refractivity contribution is 0.124. The van der Waals surface area contributed by atoms with Gasteiger partial charge in [0, 0.05) is 47.9 Å². The van der Waals surface area contributed by atoms with Gasteiger partial charge in [0.1, 0.15) is 29.4 Å². The molecule has 2 heterocycles.